The second kappa shape index (κ2) is 6.92. The van der Waals surface area contributed by atoms with Crippen molar-refractivity contribution >= 4 is 19.7 Å². The van der Waals surface area contributed by atoms with E-state index in [0.717, 1.165) is 0 Å². The summed E-state index contributed by atoms with van der Waals surface area (Å²) in [6.07, 6.45) is 0. The van der Waals surface area contributed by atoms with Crippen molar-refractivity contribution in [1.82, 2.24) is 0 Å². The van der Waals surface area contributed by atoms with Crippen LogP contribution < -0.4 is 4.74 Å². The smallest absolute Gasteiger partial charge is 0.234 e. The summed E-state index contributed by atoms with van der Waals surface area (Å²) in [5.41, 5.74) is 0.693. The van der Waals surface area contributed by atoms with Gasteiger partial charge in [0, 0.05) is 10.7 Å². The average molecular weight is 297 g/mol. The van der Waals surface area contributed by atoms with Crippen molar-refractivity contribution in [1.29, 1.82) is 0 Å². The molecule has 102 valence electrons. The Labute approximate surface area is 110 Å². The zero-order chi connectivity index (χ0) is 13.6. The van der Waals surface area contributed by atoms with Crippen LogP contribution in [-0.2, 0) is 13.8 Å². The summed E-state index contributed by atoms with van der Waals surface area (Å²) in [5, 5.41) is 0. The standard InChI is InChI=1S/C11H14ClFO4S/c1-9-8-10(13)2-3-11(9)17-5-4-16-6-7-18(12,14)15/h2-3,8H,4-7H2,1H3. The lowest BCUT2D eigenvalue weighted by molar-refractivity contribution is 0.111. The van der Waals surface area contributed by atoms with Crippen molar-refractivity contribution in [3.8, 4) is 5.75 Å². The van der Waals surface area contributed by atoms with Gasteiger partial charge in [-0.25, -0.2) is 12.8 Å². The zero-order valence-corrected chi connectivity index (χ0v) is 11.4. The molecule has 0 aromatic heterocycles. The van der Waals surface area contributed by atoms with Crippen LogP contribution in [0, 0.1) is 12.7 Å². The molecule has 0 spiro atoms. The highest BCUT2D eigenvalue weighted by molar-refractivity contribution is 8.13. The molecule has 4 nitrogen and oxygen atoms in total. The van der Waals surface area contributed by atoms with Crippen LogP contribution in [0.1, 0.15) is 5.56 Å². The van der Waals surface area contributed by atoms with Crippen molar-refractivity contribution in [3.63, 3.8) is 0 Å². The van der Waals surface area contributed by atoms with Crippen LogP contribution in [0.5, 0.6) is 5.75 Å². The molecule has 0 amide bonds. The van der Waals surface area contributed by atoms with Gasteiger partial charge in [0.05, 0.1) is 19.0 Å². The molecule has 0 radical (unpaired) electrons. The molecular weight excluding hydrogens is 283 g/mol. The number of halogens is 2. The largest absolute Gasteiger partial charge is 0.491 e. The van der Waals surface area contributed by atoms with Crippen LogP contribution in [0.4, 0.5) is 4.39 Å². The number of hydrogen-bond acceptors (Lipinski definition) is 4. The Morgan fingerprint density at radius 1 is 1.28 bits per heavy atom. The molecule has 0 aliphatic rings. The average Bonchev–Trinajstić information content (AvgIpc) is 2.24. The molecule has 1 rings (SSSR count). The fourth-order valence-corrected chi connectivity index (χ4v) is 1.75. The first-order valence-corrected chi connectivity index (χ1v) is 7.75. The summed E-state index contributed by atoms with van der Waals surface area (Å²) >= 11 is 0. The maximum atomic E-state index is 12.8. The molecule has 7 heteroatoms. The first-order chi connectivity index (χ1) is 8.38. The highest BCUT2D eigenvalue weighted by atomic mass is 35.7. The van der Waals surface area contributed by atoms with Gasteiger partial charge in [-0.3, -0.25) is 0 Å². The van der Waals surface area contributed by atoms with Crippen LogP contribution in [0.15, 0.2) is 18.2 Å². The van der Waals surface area contributed by atoms with Crippen LogP contribution in [-0.4, -0.2) is 34.0 Å². The number of aryl methyl sites for hydroxylation is 1. The van der Waals surface area contributed by atoms with Crippen LogP contribution >= 0.6 is 10.7 Å². The molecule has 0 fully saturated rings. The van der Waals surface area contributed by atoms with E-state index in [1.165, 1.54) is 18.2 Å². The van der Waals surface area contributed by atoms with Gasteiger partial charge in [0.15, 0.2) is 0 Å². The molecular formula is C11H14ClFO4S. The molecule has 1 aromatic rings. The van der Waals surface area contributed by atoms with Gasteiger partial charge in [-0.05, 0) is 30.7 Å². The quantitative estimate of drug-likeness (QED) is 0.571. The molecule has 0 N–H and O–H groups in total. The molecule has 0 aliphatic heterocycles. The molecule has 0 atom stereocenters. The van der Waals surface area contributed by atoms with E-state index in [0.29, 0.717) is 11.3 Å². The summed E-state index contributed by atoms with van der Waals surface area (Å²) in [6, 6.07) is 4.22. The van der Waals surface area contributed by atoms with Crippen LogP contribution in [0.25, 0.3) is 0 Å². The van der Waals surface area contributed by atoms with Gasteiger partial charge in [-0.2, -0.15) is 0 Å². The number of benzene rings is 1. The first kappa shape index (κ1) is 15.2. The minimum Gasteiger partial charge on any atom is -0.491 e. The van der Waals surface area contributed by atoms with Crippen LogP contribution in [0.2, 0.25) is 0 Å². The SMILES string of the molecule is Cc1cc(F)ccc1OCCOCCS(=O)(=O)Cl. The minimum absolute atomic E-state index is 0.0254. The van der Waals surface area contributed by atoms with Crippen molar-refractivity contribution in [2.75, 3.05) is 25.6 Å². The van der Waals surface area contributed by atoms with E-state index in [4.69, 9.17) is 20.2 Å². The molecule has 0 bridgehead atoms. The predicted molar refractivity (Wildman–Crippen MR) is 67.1 cm³/mol. The van der Waals surface area contributed by atoms with Gasteiger partial charge in [0.25, 0.3) is 0 Å². The first-order valence-electron chi connectivity index (χ1n) is 5.27. The lowest BCUT2D eigenvalue weighted by Gasteiger charge is -2.09. The fraction of sp³-hybridized carbons (Fsp3) is 0.455. The van der Waals surface area contributed by atoms with E-state index >= 15 is 0 Å². The van der Waals surface area contributed by atoms with Gasteiger partial charge in [0.2, 0.25) is 9.05 Å². The Bertz CT molecular complexity index is 490. The van der Waals surface area contributed by atoms with E-state index in [1.54, 1.807) is 6.92 Å². The molecule has 0 aliphatic carbocycles. The maximum Gasteiger partial charge on any atom is 0.234 e. The predicted octanol–water partition coefficient (Wildman–Crippen LogP) is 2.10. The van der Waals surface area contributed by atoms with Crippen LogP contribution in [0.3, 0.4) is 0 Å². The van der Waals surface area contributed by atoms with Gasteiger partial charge < -0.3 is 9.47 Å². The summed E-state index contributed by atoms with van der Waals surface area (Å²) < 4.78 is 44.3. The molecule has 0 saturated carbocycles. The monoisotopic (exact) mass is 296 g/mol. The third-order valence-corrected chi connectivity index (χ3v) is 3.21. The van der Waals surface area contributed by atoms with Gasteiger partial charge in [0.1, 0.15) is 18.2 Å². The third kappa shape index (κ3) is 6.18. The topological polar surface area (TPSA) is 52.6 Å². The van der Waals surface area contributed by atoms with E-state index in [1.807, 2.05) is 0 Å². The van der Waals surface area contributed by atoms with Gasteiger partial charge >= 0.3 is 0 Å². The number of ether oxygens (including phenoxy) is 2. The van der Waals surface area contributed by atoms with Crippen molar-refractivity contribution in [2.45, 2.75) is 6.92 Å². The van der Waals surface area contributed by atoms with Crippen molar-refractivity contribution in [2.24, 2.45) is 0 Å². The zero-order valence-electron chi connectivity index (χ0n) is 9.86. The summed E-state index contributed by atoms with van der Waals surface area (Å²) in [4.78, 5) is 0. The van der Waals surface area contributed by atoms with Crippen molar-refractivity contribution < 1.29 is 22.3 Å². The summed E-state index contributed by atoms with van der Waals surface area (Å²) in [7, 11) is 1.49. The van der Waals surface area contributed by atoms with Crippen molar-refractivity contribution in [3.05, 3.63) is 29.6 Å². The Balaban J connectivity index is 2.22. The lowest BCUT2D eigenvalue weighted by Crippen LogP contribution is -2.12. The number of rotatable bonds is 7. The highest BCUT2D eigenvalue weighted by Gasteiger charge is 2.04. The van der Waals surface area contributed by atoms with Gasteiger partial charge in [-0.15, -0.1) is 0 Å². The minimum atomic E-state index is -3.51. The van der Waals surface area contributed by atoms with E-state index in [9.17, 15) is 12.8 Å². The Kier molecular flexibility index (Phi) is 5.84. The molecule has 0 unspecified atom stereocenters. The fourth-order valence-electron chi connectivity index (χ4n) is 1.25. The van der Waals surface area contributed by atoms with E-state index < -0.39 is 9.05 Å². The van der Waals surface area contributed by atoms with E-state index in [2.05, 4.69) is 0 Å². The highest BCUT2D eigenvalue weighted by Crippen LogP contribution is 2.17. The summed E-state index contributed by atoms with van der Waals surface area (Å²) in [5.74, 6) is 0.0258. The summed E-state index contributed by atoms with van der Waals surface area (Å²) in [6.45, 7) is 2.26. The third-order valence-electron chi connectivity index (χ3n) is 2.09. The molecule has 0 heterocycles. The Hall–Kier alpha value is -0.850. The second-order valence-electron chi connectivity index (χ2n) is 3.61. The number of hydrogen-bond donors (Lipinski definition) is 0. The normalized spacial score (nSPS) is 11.5. The molecule has 18 heavy (non-hydrogen) atoms. The lowest BCUT2D eigenvalue weighted by atomic mass is 10.2. The van der Waals surface area contributed by atoms with E-state index in [-0.39, 0.29) is 31.4 Å². The molecule has 0 saturated heterocycles. The molecule has 1 aromatic carbocycles. The Morgan fingerprint density at radius 3 is 2.61 bits per heavy atom. The van der Waals surface area contributed by atoms with Gasteiger partial charge in [-0.1, -0.05) is 0 Å². The maximum absolute atomic E-state index is 12.8. The Morgan fingerprint density at radius 2 is 2.00 bits per heavy atom. The second-order valence-corrected chi connectivity index (χ2v) is 6.51.